The number of anilines is 1. The Labute approximate surface area is 121 Å². The topological polar surface area (TPSA) is 55.1 Å². The second kappa shape index (κ2) is 5.86. The van der Waals surface area contributed by atoms with E-state index in [0.29, 0.717) is 11.8 Å². The van der Waals surface area contributed by atoms with Crippen LogP contribution < -0.4 is 11.1 Å². The van der Waals surface area contributed by atoms with Gasteiger partial charge in [0.1, 0.15) is 5.54 Å². The highest BCUT2D eigenvalue weighted by Gasteiger charge is 2.47. The van der Waals surface area contributed by atoms with Gasteiger partial charge in [-0.1, -0.05) is 44.9 Å². The van der Waals surface area contributed by atoms with E-state index in [4.69, 9.17) is 5.73 Å². The molecular weight excluding hydrogens is 248 g/mol. The van der Waals surface area contributed by atoms with Crippen LogP contribution in [0.4, 0.5) is 5.69 Å². The van der Waals surface area contributed by atoms with Gasteiger partial charge in [0.2, 0.25) is 5.91 Å². The van der Waals surface area contributed by atoms with Crippen molar-refractivity contribution in [3.05, 3.63) is 29.8 Å². The lowest BCUT2D eigenvalue weighted by Crippen LogP contribution is -2.58. The molecule has 1 aromatic carbocycles. The van der Waals surface area contributed by atoms with Crippen molar-refractivity contribution in [3.8, 4) is 0 Å². The molecule has 0 aromatic heterocycles. The fraction of sp³-hybridized carbons (Fsp3) is 0.588. The molecule has 0 heterocycles. The van der Waals surface area contributed by atoms with Crippen molar-refractivity contribution in [1.82, 2.24) is 0 Å². The minimum atomic E-state index is -0.599. The van der Waals surface area contributed by atoms with E-state index in [1.165, 1.54) is 6.42 Å². The molecule has 0 bridgehead atoms. The molecule has 2 unspecified atom stereocenters. The monoisotopic (exact) mass is 274 g/mol. The fourth-order valence-corrected chi connectivity index (χ4v) is 3.58. The molecular formula is C17H26N2O. The van der Waals surface area contributed by atoms with Crippen LogP contribution in [0.15, 0.2) is 24.3 Å². The summed E-state index contributed by atoms with van der Waals surface area (Å²) < 4.78 is 0. The van der Waals surface area contributed by atoms with Crippen LogP contribution in [-0.4, -0.2) is 11.4 Å². The number of nitrogens with two attached hydrogens (primary N) is 1. The van der Waals surface area contributed by atoms with E-state index in [0.717, 1.165) is 30.5 Å². The zero-order valence-electron chi connectivity index (χ0n) is 12.8. The Hall–Kier alpha value is -1.51. The SMILES string of the molecule is Cc1ccccc1NC1(C(N)=O)CCCCC1C(C)C. The van der Waals surface area contributed by atoms with E-state index in [-0.39, 0.29) is 5.91 Å². The van der Waals surface area contributed by atoms with Crippen molar-refractivity contribution < 1.29 is 4.79 Å². The van der Waals surface area contributed by atoms with Crippen molar-refractivity contribution in [1.29, 1.82) is 0 Å². The van der Waals surface area contributed by atoms with Gasteiger partial charge in [0.15, 0.2) is 0 Å². The molecule has 3 N–H and O–H groups in total. The van der Waals surface area contributed by atoms with Crippen LogP contribution in [0.5, 0.6) is 0 Å². The third-order valence-electron chi connectivity index (χ3n) is 4.72. The summed E-state index contributed by atoms with van der Waals surface area (Å²) in [5, 5.41) is 3.52. The average Bonchev–Trinajstić information content (AvgIpc) is 2.41. The van der Waals surface area contributed by atoms with E-state index in [1.54, 1.807) is 0 Å². The number of para-hydroxylation sites is 1. The Balaban J connectivity index is 2.38. The van der Waals surface area contributed by atoms with E-state index < -0.39 is 5.54 Å². The van der Waals surface area contributed by atoms with Gasteiger partial charge in [0, 0.05) is 5.69 Å². The number of rotatable bonds is 4. The van der Waals surface area contributed by atoms with Crippen molar-refractivity contribution in [2.24, 2.45) is 17.6 Å². The maximum Gasteiger partial charge on any atom is 0.243 e. The number of benzene rings is 1. The number of amides is 1. The molecule has 1 aliphatic rings. The smallest absolute Gasteiger partial charge is 0.243 e. The molecule has 0 spiro atoms. The van der Waals surface area contributed by atoms with Gasteiger partial charge in [-0.2, -0.15) is 0 Å². The summed E-state index contributed by atoms with van der Waals surface area (Å²) in [5.74, 6) is 0.534. The predicted molar refractivity (Wildman–Crippen MR) is 83.5 cm³/mol. The molecule has 2 rings (SSSR count). The highest BCUT2D eigenvalue weighted by atomic mass is 16.1. The number of hydrogen-bond donors (Lipinski definition) is 2. The lowest BCUT2D eigenvalue weighted by molar-refractivity contribution is -0.126. The molecule has 0 aliphatic heterocycles. The minimum absolute atomic E-state index is 0.209. The molecule has 110 valence electrons. The molecule has 3 nitrogen and oxygen atoms in total. The first-order chi connectivity index (χ1) is 9.47. The van der Waals surface area contributed by atoms with Crippen molar-refractivity contribution in [2.45, 2.75) is 52.0 Å². The van der Waals surface area contributed by atoms with Crippen LogP contribution >= 0.6 is 0 Å². The van der Waals surface area contributed by atoms with Gasteiger partial charge in [0.25, 0.3) is 0 Å². The predicted octanol–water partition coefficient (Wildman–Crippen LogP) is 3.48. The second-order valence-corrected chi connectivity index (χ2v) is 6.37. The standard InChI is InChI=1S/C17H26N2O/c1-12(2)14-9-6-7-11-17(14,16(18)20)19-15-10-5-4-8-13(15)3/h4-5,8,10,12,14,19H,6-7,9,11H2,1-3H3,(H2,18,20). The largest absolute Gasteiger partial charge is 0.371 e. The van der Waals surface area contributed by atoms with Crippen LogP contribution in [0.2, 0.25) is 0 Å². The molecule has 0 radical (unpaired) electrons. The minimum Gasteiger partial charge on any atom is -0.371 e. The normalized spacial score (nSPS) is 26.5. The Morgan fingerprint density at radius 3 is 2.65 bits per heavy atom. The number of nitrogens with one attached hydrogen (secondary N) is 1. The number of carbonyl (C=O) groups is 1. The van der Waals surface area contributed by atoms with Crippen LogP contribution in [-0.2, 0) is 4.79 Å². The summed E-state index contributed by atoms with van der Waals surface area (Å²) in [6.45, 7) is 6.44. The fourth-order valence-electron chi connectivity index (χ4n) is 3.58. The molecule has 2 atom stereocenters. The molecule has 20 heavy (non-hydrogen) atoms. The van der Waals surface area contributed by atoms with Gasteiger partial charge in [-0.05, 0) is 43.2 Å². The van der Waals surface area contributed by atoms with Gasteiger partial charge in [0.05, 0.1) is 0 Å². The van der Waals surface area contributed by atoms with E-state index in [9.17, 15) is 4.79 Å². The van der Waals surface area contributed by atoms with Gasteiger partial charge in [-0.25, -0.2) is 0 Å². The summed E-state index contributed by atoms with van der Waals surface area (Å²) in [7, 11) is 0. The molecule has 1 amide bonds. The quantitative estimate of drug-likeness (QED) is 0.883. The van der Waals surface area contributed by atoms with Gasteiger partial charge >= 0.3 is 0 Å². The summed E-state index contributed by atoms with van der Waals surface area (Å²) in [6, 6.07) is 8.10. The van der Waals surface area contributed by atoms with Crippen molar-refractivity contribution in [3.63, 3.8) is 0 Å². The Bertz CT molecular complexity index is 484. The number of hydrogen-bond acceptors (Lipinski definition) is 2. The lowest BCUT2D eigenvalue weighted by atomic mass is 9.67. The number of aryl methyl sites for hydroxylation is 1. The maximum absolute atomic E-state index is 12.3. The van der Waals surface area contributed by atoms with Crippen LogP contribution in [0, 0.1) is 18.8 Å². The third-order valence-corrected chi connectivity index (χ3v) is 4.72. The second-order valence-electron chi connectivity index (χ2n) is 6.37. The van der Waals surface area contributed by atoms with E-state index >= 15 is 0 Å². The molecule has 3 heteroatoms. The average molecular weight is 274 g/mol. The highest BCUT2D eigenvalue weighted by Crippen LogP contribution is 2.41. The molecule has 1 aromatic rings. The molecule has 1 aliphatic carbocycles. The Morgan fingerprint density at radius 2 is 2.05 bits per heavy atom. The number of primary amides is 1. The van der Waals surface area contributed by atoms with Gasteiger partial charge < -0.3 is 11.1 Å². The highest BCUT2D eigenvalue weighted by molar-refractivity contribution is 5.89. The van der Waals surface area contributed by atoms with Crippen molar-refractivity contribution in [2.75, 3.05) is 5.32 Å². The zero-order valence-corrected chi connectivity index (χ0v) is 12.8. The number of carbonyl (C=O) groups excluding carboxylic acids is 1. The molecule has 1 fully saturated rings. The Morgan fingerprint density at radius 1 is 1.35 bits per heavy atom. The third kappa shape index (κ3) is 2.67. The van der Waals surface area contributed by atoms with Crippen LogP contribution in [0.1, 0.15) is 45.1 Å². The van der Waals surface area contributed by atoms with Gasteiger partial charge in [-0.3, -0.25) is 4.79 Å². The molecule has 1 saturated carbocycles. The maximum atomic E-state index is 12.3. The summed E-state index contributed by atoms with van der Waals surface area (Å²) in [4.78, 5) is 12.3. The van der Waals surface area contributed by atoms with E-state index in [1.807, 2.05) is 18.2 Å². The zero-order chi connectivity index (χ0) is 14.8. The first kappa shape index (κ1) is 14.9. The van der Waals surface area contributed by atoms with Crippen molar-refractivity contribution >= 4 is 11.6 Å². The van der Waals surface area contributed by atoms with Crippen LogP contribution in [0.25, 0.3) is 0 Å². The van der Waals surface area contributed by atoms with Crippen LogP contribution in [0.3, 0.4) is 0 Å². The van der Waals surface area contributed by atoms with E-state index in [2.05, 4.69) is 32.2 Å². The Kier molecular flexibility index (Phi) is 4.36. The summed E-state index contributed by atoms with van der Waals surface area (Å²) in [6.07, 6.45) is 4.15. The molecule has 0 saturated heterocycles. The first-order valence-corrected chi connectivity index (χ1v) is 7.61. The summed E-state index contributed by atoms with van der Waals surface area (Å²) in [5.41, 5.74) is 7.41. The lowest BCUT2D eigenvalue weighted by Gasteiger charge is -2.45. The summed E-state index contributed by atoms with van der Waals surface area (Å²) >= 11 is 0. The first-order valence-electron chi connectivity index (χ1n) is 7.61. The van der Waals surface area contributed by atoms with Gasteiger partial charge in [-0.15, -0.1) is 0 Å².